The predicted octanol–water partition coefficient (Wildman–Crippen LogP) is 2.63. The van der Waals surface area contributed by atoms with Crippen molar-refractivity contribution in [3.63, 3.8) is 0 Å². The van der Waals surface area contributed by atoms with Crippen LogP contribution in [0.5, 0.6) is 0 Å². The van der Waals surface area contributed by atoms with Crippen molar-refractivity contribution >= 4 is 0 Å². The van der Waals surface area contributed by atoms with Gasteiger partial charge in [-0.3, -0.25) is 0 Å². The number of nitrogens with one attached hydrogen (secondary N) is 1. The van der Waals surface area contributed by atoms with Crippen molar-refractivity contribution in [2.24, 2.45) is 24.8 Å². The van der Waals surface area contributed by atoms with Crippen LogP contribution in [0.1, 0.15) is 36.5 Å². The Morgan fingerprint density at radius 2 is 1.96 bits per heavy atom. The number of hydrogen-bond donors (Lipinski definition) is 1. The van der Waals surface area contributed by atoms with Crippen LogP contribution in [-0.2, 0) is 22.9 Å². The average molecular weight is 319 g/mol. The fraction of sp³-hybridized carbons (Fsp3) is 0.737. The van der Waals surface area contributed by atoms with Gasteiger partial charge in [-0.15, -0.1) is 0 Å². The van der Waals surface area contributed by atoms with Crippen LogP contribution >= 0.6 is 0 Å². The normalized spacial score (nSPS) is 25.6. The minimum Gasteiger partial charge on any atom is -0.379 e. The second-order valence-electron chi connectivity index (χ2n) is 7.17. The lowest BCUT2D eigenvalue weighted by atomic mass is 9.95. The Hall–Kier alpha value is -1.13. The first kappa shape index (κ1) is 16.7. The van der Waals surface area contributed by atoms with Gasteiger partial charge < -0.3 is 9.47 Å². The summed E-state index contributed by atoms with van der Waals surface area (Å²) in [5.41, 5.74) is 2.57. The summed E-state index contributed by atoms with van der Waals surface area (Å²) in [4.78, 5) is 3.45. The molecule has 2 aliphatic rings. The van der Waals surface area contributed by atoms with Gasteiger partial charge in [0.05, 0.1) is 33.3 Å². The number of nitrogens with zero attached hydrogens (tertiary/aromatic N) is 1. The molecule has 0 saturated heterocycles. The van der Waals surface area contributed by atoms with E-state index < -0.39 is 0 Å². The van der Waals surface area contributed by atoms with Gasteiger partial charge in [-0.25, -0.2) is 9.55 Å². The molecule has 1 N–H and O–H groups in total. The molecule has 0 radical (unpaired) electrons. The fourth-order valence-corrected chi connectivity index (χ4v) is 3.96. The lowest BCUT2D eigenvalue weighted by Crippen LogP contribution is -2.34. The molecule has 23 heavy (non-hydrogen) atoms. The summed E-state index contributed by atoms with van der Waals surface area (Å²) < 4.78 is 13.7. The van der Waals surface area contributed by atoms with E-state index in [0.717, 1.165) is 50.4 Å². The van der Waals surface area contributed by atoms with Crippen LogP contribution in [0.15, 0.2) is 12.2 Å². The molecular weight excluding hydrogens is 288 g/mol. The zero-order valence-corrected chi connectivity index (χ0v) is 14.8. The molecule has 0 aromatic carbocycles. The van der Waals surface area contributed by atoms with Gasteiger partial charge in [-0.05, 0) is 37.0 Å². The number of aromatic nitrogens is 2. The number of aryl methyl sites for hydroxylation is 2. The van der Waals surface area contributed by atoms with Crippen LogP contribution in [0.4, 0.5) is 0 Å². The maximum atomic E-state index is 5.80. The summed E-state index contributed by atoms with van der Waals surface area (Å²) in [5.74, 6) is 3.66. The first-order valence-electron chi connectivity index (χ1n) is 9.03. The molecule has 2 bridgehead atoms. The molecule has 1 fully saturated rings. The Bertz CT molecular complexity index is 550. The van der Waals surface area contributed by atoms with Crippen molar-refractivity contribution in [1.29, 1.82) is 0 Å². The van der Waals surface area contributed by atoms with E-state index in [9.17, 15) is 0 Å². The molecule has 0 aliphatic heterocycles. The molecule has 3 unspecified atom stereocenters. The third kappa shape index (κ3) is 4.04. The standard InChI is InChI=1S/C19H30N2O2/c1-14-15(2)21(3)19(20-14)5-4-8-22-9-10-23-13-18-12-16-6-7-17(18)11-16/h6-7,16-18H,4-5,8-13H2,1-3H3/p+1. The molecule has 0 spiro atoms. The van der Waals surface area contributed by atoms with E-state index in [-0.39, 0.29) is 0 Å². The number of rotatable bonds is 9. The highest BCUT2D eigenvalue weighted by atomic mass is 16.5. The molecule has 0 amide bonds. The molecule has 1 aromatic rings. The first-order valence-corrected chi connectivity index (χ1v) is 9.03. The SMILES string of the molecule is Cc1[nH]c(CCCOCCOCC2CC3C=CC2C3)[n+](C)c1C. The van der Waals surface area contributed by atoms with E-state index in [1.165, 1.54) is 30.1 Å². The third-order valence-electron chi connectivity index (χ3n) is 5.61. The number of imidazole rings is 1. The molecule has 3 atom stereocenters. The Morgan fingerprint density at radius 3 is 2.61 bits per heavy atom. The highest BCUT2D eigenvalue weighted by Crippen LogP contribution is 2.43. The van der Waals surface area contributed by atoms with Crippen LogP contribution in [0.2, 0.25) is 0 Å². The molecule has 1 aromatic heterocycles. The molecule has 3 rings (SSSR count). The summed E-state index contributed by atoms with van der Waals surface area (Å²) in [5, 5.41) is 0. The summed E-state index contributed by atoms with van der Waals surface area (Å²) >= 11 is 0. The van der Waals surface area contributed by atoms with Crippen molar-refractivity contribution in [2.45, 2.75) is 39.5 Å². The highest BCUT2D eigenvalue weighted by Gasteiger charge is 2.35. The van der Waals surface area contributed by atoms with Crippen LogP contribution in [-0.4, -0.2) is 31.4 Å². The van der Waals surface area contributed by atoms with Gasteiger partial charge in [-0.2, -0.15) is 0 Å². The van der Waals surface area contributed by atoms with Gasteiger partial charge >= 0.3 is 0 Å². The fourth-order valence-electron chi connectivity index (χ4n) is 3.96. The largest absolute Gasteiger partial charge is 0.379 e. The predicted molar refractivity (Wildman–Crippen MR) is 90.2 cm³/mol. The van der Waals surface area contributed by atoms with Crippen LogP contribution < -0.4 is 4.57 Å². The van der Waals surface area contributed by atoms with E-state index in [2.05, 4.69) is 42.6 Å². The average Bonchev–Trinajstić information content (AvgIpc) is 3.22. The Morgan fingerprint density at radius 1 is 1.13 bits per heavy atom. The molecule has 128 valence electrons. The zero-order chi connectivity index (χ0) is 16.2. The summed E-state index contributed by atoms with van der Waals surface area (Å²) in [7, 11) is 2.12. The van der Waals surface area contributed by atoms with Crippen LogP contribution in [0.3, 0.4) is 0 Å². The molecule has 1 heterocycles. The van der Waals surface area contributed by atoms with Gasteiger partial charge in [0.15, 0.2) is 0 Å². The topological polar surface area (TPSA) is 38.1 Å². The van der Waals surface area contributed by atoms with Gasteiger partial charge in [0.25, 0.3) is 5.82 Å². The summed E-state index contributed by atoms with van der Waals surface area (Å²) in [6.07, 6.45) is 9.54. The van der Waals surface area contributed by atoms with E-state index in [0.29, 0.717) is 6.61 Å². The van der Waals surface area contributed by atoms with Gasteiger partial charge in [0.2, 0.25) is 0 Å². The minimum atomic E-state index is 0.714. The van der Waals surface area contributed by atoms with E-state index in [1.54, 1.807) is 0 Å². The second kappa shape index (κ2) is 7.63. The van der Waals surface area contributed by atoms with Crippen LogP contribution in [0, 0.1) is 31.6 Å². The smallest absolute Gasteiger partial charge is 0.254 e. The zero-order valence-electron chi connectivity index (χ0n) is 14.8. The van der Waals surface area contributed by atoms with E-state index in [1.807, 2.05) is 0 Å². The number of hydrogen-bond acceptors (Lipinski definition) is 2. The minimum absolute atomic E-state index is 0.714. The van der Waals surface area contributed by atoms with Crippen LogP contribution in [0.25, 0.3) is 0 Å². The number of ether oxygens (including phenoxy) is 2. The van der Waals surface area contributed by atoms with Gasteiger partial charge in [-0.1, -0.05) is 12.2 Å². The summed E-state index contributed by atoms with van der Waals surface area (Å²) in [6, 6.07) is 0. The maximum Gasteiger partial charge on any atom is 0.254 e. The Balaban J connectivity index is 1.21. The van der Waals surface area contributed by atoms with E-state index in [4.69, 9.17) is 9.47 Å². The Kier molecular flexibility index (Phi) is 5.54. The van der Waals surface area contributed by atoms with Gasteiger partial charge in [0.1, 0.15) is 11.4 Å². The second-order valence-corrected chi connectivity index (χ2v) is 7.17. The number of aromatic amines is 1. The summed E-state index contributed by atoms with van der Waals surface area (Å²) in [6.45, 7) is 7.43. The maximum absolute atomic E-state index is 5.80. The van der Waals surface area contributed by atoms with Crippen molar-refractivity contribution in [2.75, 3.05) is 26.4 Å². The van der Waals surface area contributed by atoms with E-state index >= 15 is 0 Å². The molecule has 2 aliphatic carbocycles. The van der Waals surface area contributed by atoms with Gasteiger partial charge in [0, 0.05) is 20.5 Å². The third-order valence-corrected chi connectivity index (χ3v) is 5.61. The molecule has 4 nitrogen and oxygen atoms in total. The van der Waals surface area contributed by atoms with Crippen molar-refractivity contribution in [3.05, 3.63) is 29.4 Å². The molecule has 1 saturated carbocycles. The molecule has 4 heteroatoms. The van der Waals surface area contributed by atoms with Crippen molar-refractivity contribution in [3.8, 4) is 0 Å². The number of allylic oxidation sites excluding steroid dienone is 2. The lowest BCUT2D eigenvalue weighted by Gasteiger charge is -2.17. The first-order chi connectivity index (χ1) is 11.1. The number of H-pyrrole nitrogens is 1. The monoisotopic (exact) mass is 319 g/mol. The number of fused-ring (bicyclic) bond motifs is 2. The highest BCUT2D eigenvalue weighted by molar-refractivity contribution is 5.10. The van der Waals surface area contributed by atoms with Crippen molar-refractivity contribution in [1.82, 2.24) is 4.98 Å². The quantitative estimate of drug-likeness (QED) is 0.432. The molecular formula is C19H31N2O2+. The Labute approximate surface area is 139 Å². The lowest BCUT2D eigenvalue weighted by molar-refractivity contribution is -0.683. The van der Waals surface area contributed by atoms with Crippen molar-refractivity contribution < 1.29 is 14.0 Å².